The average Bonchev–Trinajstić information content (AvgIpc) is 2.76. The summed E-state index contributed by atoms with van der Waals surface area (Å²) in [6, 6.07) is 9.99. The van der Waals surface area contributed by atoms with Crippen molar-refractivity contribution in [3.05, 3.63) is 42.3 Å². The van der Waals surface area contributed by atoms with Crippen molar-refractivity contribution < 1.29 is 23.8 Å². The highest BCUT2D eigenvalue weighted by Gasteiger charge is 2.41. The summed E-state index contributed by atoms with van der Waals surface area (Å²) >= 11 is 0. The van der Waals surface area contributed by atoms with E-state index in [4.69, 9.17) is 14.2 Å². The van der Waals surface area contributed by atoms with Gasteiger partial charge in [-0.25, -0.2) is 0 Å². The second-order valence-electron chi connectivity index (χ2n) is 9.61. The molecule has 1 heterocycles. The summed E-state index contributed by atoms with van der Waals surface area (Å²) in [6.45, 7) is 3.03. The number of fused-ring (bicyclic) bond motifs is 1. The molecule has 31 heavy (non-hydrogen) atoms. The molecule has 5 nitrogen and oxygen atoms in total. The minimum atomic E-state index is -0.172. The second kappa shape index (κ2) is 10.7. The van der Waals surface area contributed by atoms with E-state index in [1.807, 2.05) is 30.3 Å². The van der Waals surface area contributed by atoms with Crippen molar-refractivity contribution in [1.29, 1.82) is 0 Å². The SMILES string of the molecule is CC1CCC2CC(=O)C[CH]C2C1CCC1CC(OCOCc2ccccc2)CC(=O)O1. The van der Waals surface area contributed by atoms with Gasteiger partial charge in [-0.05, 0) is 54.9 Å². The summed E-state index contributed by atoms with van der Waals surface area (Å²) in [5.41, 5.74) is 1.10. The zero-order valence-corrected chi connectivity index (χ0v) is 18.5. The minimum absolute atomic E-state index is 0.0850. The summed E-state index contributed by atoms with van der Waals surface area (Å²) in [6.07, 6.45) is 8.74. The quantitative estimate of drug-likeness (QED) is 0.336. The number of carbonyl (C=O) groups excluding carboxylic acids is 2. The molecule has 0 bridgehead atoms. The topological polar surface area (TPSA) is 61.8 Å². The number of Topliss-reactive ketones (excluding diaryl/α,β-unsaturated/α-hetero) is 1. The fourth-order valence-electron chi connectivity index (χ4n) is 5.74. The highest BCUT2D eigenvalue weighted by atomic mass is 16.7. The molecule has 6 unspecified atom stereocenters. The normalized spacial score (nSPS) is 33.6. The van der Waals surface area contributed by atoms with Crippen molar-refractivity contribution in [3.8, 4) is 0 Å². The molecule has 0 amide bonds. The molecule has 2 saturated carbocycles. The standard InChI is InChI=1S/C26H35O5/c1-18-7-8-20-13-21(27)9-11-25(20)24(18)12-10-22-14-23(15-26(28)31-22)30-17-29-16-19-5-3-2-4-6-19/h2-6,11,18,20,22-25H,7-10,12-17H2,1H3. The van der Waals surface area contributed by atoms with Crippen LogP contribution >= 0.6 is 0 Å². The van der Waals surface area contributed by atoms with Crippen LogP contribution in [0.4, 0.5) is 0 Å². The molecule has 1 aliphatic heterocycles. The van der Waals surface area contributed by atoms with Crippen LogP contribution in [-0.4, -0.2) is 30.8 Å². The van der Waals surface area contributed by atoms with E-state index < -0.39 is 0 Å². The smallest absolute Gasteiger partial charge is 0.308 e. The molecule has 169 valence electrons. The molecule has 2 aliphatic carbocycles. The lowest BCUT2D eigenvalue weighted by Crippen LogP contribution is -2.39. The first-order valence-corrected chi connectivity index (χ1v) is 11.9. The van der Waals surface area contributed by atoms with Gasteiger partial charge in [0.1, 0.15) is 18.7 Å². The largest absolute Gasteiger partial charge is 0.462 e. The number of cyclic esters (lactones) is 1. The Morgan fingerprint density at radius 3 is 2.74 bits per heavy atom. The maximum atomic E-state index is 12.1. The zero-order chi connectivity index (χ0) is 21.6. The maximum absolute atomic E-state index is 12.1. The van der Waals surface area contributed by atoms with E-state index in [2.05, 4.69) is 13.3 Å². The van der Waals surface area contributed by atoms with Crippen molar-refractivity contribution >= 4 is 11.8 Å². The van der Waals surface area contributed by atoms with E-state index in [0.717, 1.165) is 31.2 Å². The monoisotopic (exact) mass is 427 g/mol. The third-order valence-corrected chi connectivity index (χ3v) is 7.41. The molecule has 3 aliphatic rings. The summed E-state index contributed by atoms with van der Waals surface area (Å²) < 4.78 is 17.1. The van der Waals surface area contributed by atoms with Gasteiger partial charge in [-0.1, -0.05) is 43.7 Å². The van der Waals surface area contributed by atoms with Crippen LogP contribution < -0.4 is 0 Å². The van der Waals surface area contributed by atoms with E-state index in [9.17, 15) is 9.59 Å². The van der Waals surface area contributed by atoms with Crippen LogP contribution in [0.15, 0.2) is 30.3 Å². The average molecular weight is 428 g/mol. The first kappa shape index (κ1) is 22.5. The zero-order valence-electron chi connectivity index (χ0n) is 18.5. The fraction of sp³-hybridized carbons (Fsp3) is 0.654. The van der Waals surface area contributed by atoms with E-state index in [1.165, 1.54) is 12.8 Å². The summed E-state index contributed by atoms with van der Waals surface area (Å²) in [7, 11) is 0. The summed E-state index contributed by atoms with van der Waals surface area (Å²) in [5.74, 6) is 2.52. The van der Waals surface area contributed by atoms with Gasteiger partial charge < -0.3 is 14.2 Å². The number of carbonyl (C=O) groups is 2. The lowest BCUT2D eigenvalue weighted by atomic mass is 9.60. The van der Waals surface area contributed by atoms with Gasteiger partial charge in [-0.2, -0.15) is 0 Å². The lowest BCUT2D eigenvalue weighted by molar-refractivity contribution is -0.172. The molecule has 1 aromatic rings. The number of rotatable bonds is 8. The number of ether oxygens (including phenoxy) is 3. The highest BCUT2D eigenvalue weighted by molar-refractivity contribution is 5.80. The van der Waals surface area contributed by atoms with Crippen molar-refractivity contribution in [1.82, 2.24) is 0 Å². The van der Waals surface area contributed by atoms with Crippen LogP contribution in [0.1, 0.15) is 63.9 Å². The predicted molar refractivity (Wildman–Crippen MR) is 117 cm³/mol. The third kappa shape index (κ3) is 6.17. The van der Waals surface area contributed by atoms with Gasteiger partial charge >= 0.3 is 5.97 Å². The maximum Gasteiger partial charge on any atom is 0.308 e. The second-order valence-corrected chi connectivity index (χ2v) is 9.61. The molecule has 5 heteroatoms. The molecule has 6 atom stereocenters. The van der Waals surface area contributed by atoms with Gasteiger partial charge in [0, 0.05) is 19.3 Å². The van der Waals surface area contributed by atoms with Gasteiger partial charge in [0.05, 0.1) is 19.1 Å². The Bertz CT molecular complexity index is 733. The van der Waals surface area contributed by atoms with Crippen LogP contribution in [-0.2, 0) is 30.4 Å². The van der Waals surface area contributed by atoms with Crippen molar-refractivity contribution in [3.63, 3.8) is 0 Å². The lowest BCUT2D eigenvalue weighted by Gasteiger charge is -2.44. The summed E-state index contributed by atoms with van der Waals surface area (Å²) in [4.78, 5) is 24.0. The minimum Gasteiger partial charge on any atom is -0.462 e. The number of hydrogen-bond donors (Lipinski definition) is 0. The molecule has 0 aromatic heterocycles. The third-order valence-electron chi connectivity index (χ3n) is 7.41. The molecule has 1 aromatic carbocycles. The predicted octanol–water partition coefficient (Wildman–Crippen LogP) is 4.88. The van der Waals surface area contributed by atoms with Crippen LogP contribution in [0, 0.1) is 30.1 Å². The highest BCUT2D eigenvalue weighted by Crippen LogP contribution is 2.47. The number of benzene rings is 1. The Hall–Kier alpha value is -1.72. The molecular formula is C26H35O5. The number of hydrogen-bond acceptors (Lipinski definition) is 5. The molecule has 0 N–H and O–H groups in total. The van der Waals surface area contributed by atoms with Crippen LogP contribution in [0.3, 0.4) is 0 Å². The van der Waals surface area contributed by atoms with Crippen LogP contribution in [0.2, 0.25) is 0 Å². The Morgan fingerprint density at radius 2 is 1.90 bits per heavy atom. The van der Waals surface area contributed by atoms with Crippen LogP contribution in [0.25, 0.3) is 0 Å². The molecule has 1 radical (unpaired) electrons. The molecule has 4 rings (SSSR count). The van der Waals surface area contributed by atoms with Crippen molar-refractivity contribution in [2.75, 3.05) is 6.79 Å². The Kier molecular flexibility index (Phi) is 7.78. The Balaban J connectivity index is 1.22. The fourth-order valence-corrected chi connectivity index (χ4v) is 5.74. The van der Waals surface area contributed by atoms with E-state index >= 15 is 0 Å². The molecular weight excluding hydrogens is 392 g/mol. The van der Waals surface area contributed by atoms with Crippen LogP contribution in [0.5, 0.6) is 0 Å². The van der Waals surface area contributed by atoms with Gasteiger partial charge in [-0.15, -0.1) is 0 Å². The van der Waals surface area contributed by atoms with Crippen molar-refractivity contribution in [2.24, 2.45) is 23.7 Å². The Morgan fingerprint density at radius 1 is 1.06 bits per heavy atom. The molecule has 1 saturated heterocycles. The van der Waals surface area contributed by atoms with E-state index in [1.54, 1.807) is 0 Å². The first-order chi connectivity index (χ1) is 15.1. The van der Waals surface area contributed by atoms with Gasteiger partial charge in [0.15, 0.2) is 0 Å². The van der Waals surface area contributed by atoms with E-state index in [-0.39, 0.29) is 25.0 Å². The summed E-state index contributed by atoms with van der Waals surface area (Å²) in [5, 5.41) is 0. The first-order valence-electron chi connectivity index (χ1n) is 11.9. The molecule has 3 fully saturated rings. The van der Waals surface area contributed by atoms with Gasteiger partial charge in [0.25, 0.3) is 0 Å². The van der Waals surface area contributed by atoms with Gasteiger partial charge in [-0.3, -0.25) is 9.59 Å². The number of ketones is 1. The Labute approximate surface area is 185 Å². The van der Waals surface area contributed by atoms with E-state index in [0.29, 0.717) is 48.9 Å². The molecule has 0 spiro atoms. The van der Waals surface area contributed by atoms with Crippen molar-refractivity contribution in [2.45, 2.75) is 77.1 Å². The van der Waals surface area contributed by atoms with Gasteiger partial charge in [0.2, 0.25) is 0 Å². The number of esters is 1.